The van der Waals surface area contributed by atoms with Gasteiger partial charge in [0.1, 0.15) is 17.4 Å². The van der Waals surface area contributed by atoms with E-state index in [1.807, 2.05) is 18.2 Å². The maximum Gasteiger partial charge on any atom is 0.312 e. The Labute approximate surface area is 193 Å². The minimum absolute atomic E-state index is 0.0557. The monoisotopic (exact) mass is 452 g/mol. The van der Waals surface area contributed by atoms with Gasteiger partial charge in [-0.2, -0.15) is 0 Å². The number of hydrogen-bond acceptors (Lipinski definition) is 7. The summed E-state index contributed by atoms with van der Waals surface area (Å²) in [5, 5.41) is 9.26. The Morgan fingerprint density at radius 1 is 1.06 bits per heavy atom. The molecule has 1 aromatic carbocycles. The lowest BCUT2D eigenvalue weighted by molar-refractivity contribution is 0.0631. The lowest BCUT2D eigenvalue weighted by Crippen LogP contribution is -2.41. The van der Waals surface area contributed by atoms with Crippen LogP contribution in [0.2, 0.25) is 0 Å². The summed E-state index contributed by atoms with van der Waals surface area (Å²) >= 11 is 0. The third-order valence-electron chi connectivity index (χ3n) is 6.62. The highest BCUT2D eigenvalue weighted by molar-refractivity contribution is 5.91. The van der Waals surface area contributed by atoms with Crippen molar-refractivity contribution in [2.24, 2.45) is 0 Å². The van der Waals surface area contributed by atoms with Gasteiger partial charge in [0.05, 0.1) is 12.0 Å². The molecule has 9 heteroatoms. The Hall–Kier alpha value is -4.27. The molecule has 34 heavy (non-hydrogen) atoms. The van der Waals surface area contributed by atoms with Crippen molar-refractivity contribution >= 4 is 16.9 Å². The molecule has 1 aliphatic heterocycles. The van der Waals surface area contributed by atoms with Crippen LogP contribution in [0.25, 0.3) is 22.4 Å². The van der Waals surface area contributed by atoms with Gasteiger partial charge < -0.3 is 18.7 Å². The van der Waals surface area contributed by atoms with Crippen LogP contribution in [0.1, 0.15) is 58.2 Å². The molecule has 1 saturated carbocycles. The average molecular weight is 452 g/mol. The first-order valence-electron chi connectivity index (χ1n) is 11.4. The molecule has 1 atom stereocenters. The van der Waals surface area contributed by atoms with Crippen molar-refractivity contribution in [2.45, 2.75) is 31.2 Å². The number of aromatic amines is 1. The Bertz CT molecular complexity index is 1510. The topological polar surface area (TPSA) is 114 Å². The zero-order valence-corrected chi connectivity index (χ0v) is 18.1. The van der Waals surface area contributed by atoms with Crippen molar-refractivity contribution in [3.8, 4) is 11.5 Å². The van der Waals surface area contributed by atoms with E-state index in [1.54, 1.807) is 35.8 Å². The highest BCUT2D eigenvalue weighted by Crippen LogP contribution is 2.50. The summed E-state index contributed by atoms with van der Waals surface area (Å²) in [6.07, 6.45) is 7.85. The number of carbonyl (C=O) groups excluding carboxylic acids is 1. The predicted molar refractivity (Wildman–Crippen MR) is 121 cm³/mol. The number of nitrogens with zero attached hydrogens (tertiary/aromatic N) is 5. The maximum atomic E-state index is 13.7. The summed E-state index contributed by atoms with van der Waals surface area (Å²) < 4.78 is 12.2. The van der Waals surface area contributed by atoms with Crippen molar-refractivity contribution < 1.29 is 13.6 Å². The fourth-order valence-electron chi connectivity index (χ4n) is 4.89. The second kappa shape index (κ2) is 7.38. The zero-order valence-electron chi connectivity index (χ0n) is 18.1. The average Bonchev–Trinajstić information content (AvgIpc) is 3.27. The van der Waals surface area contributed by atoms with E-state index in [-0.39, 0.29) is 17.7 Å². The lowest BCUT2D eigenvalue weighted by Gasteiger charge is -2.33. The molecule has 4 aromatic heterocycles. The van der Waals surface area contributed by atoms with Crippen LogP contribution in [0.4, 0.5) is 0 Å². The predicted octanol–water partition coefficient (Wildman–Crippen LogP) is 4.27. The fourth-order valence-corrected chi connectivity index (χ4v) is 4.89. The standard InChI is InChI=1S/C25H20N6O3/c32-25(24-30-29-23(34-24)15-7-10-26-11-8-15)31-12-9-17-20(28-13-27-17)21(31)22-19(14-5-6-14)16-3-1-2-4-18(16)33-22/h1-4,7-8,10-11,13-14,21H,5-6,9,12H2,(H,27,28)/t21-/m1/s1. The second-order valence-electron chi connectivity index (χ2n) is 8.72. The van der Waals surface area contributed by atoms with Gasteiger partial charge in [0.15, 0.2) is 0 Å². The minimum Gasteiger partial charge on any atom is -0.458 e. The number of pyridine rings is 1. The molecule has 0 radical (unpaired) electrons. The number of rotatable bonds is 4. The van der Waals surface area contributed by atoms with Crippen LogP contribution >= 0.6 is 0 Å². The number of amides is 1. The van der Waals surface area contributed by atoms with Gasteiger partial charge in [-0.3, -0.25) is 9.78 Å². The van der Waals surface area contributed by atoms with Crippen LogP contribution in [0.3, 0.4) is 0 Å². The van der Waals surface area contributed by atoms with Crippen molar-refractivity contribution in [3.05, 3.63) is 83.7 Å². The van der Waals surface area contributed by atoms with E-state index in [2.05, 4.69) is 31.2 Å². The Balaban J connectivity index is 1.34. The number of para-hydroxylation sites is 1. The first-order chi connectivity index (χ1) is 16.8. The molecule has 1 amide bonds. The van der Waals surface area contributed by atoms with Gasteiger partial charge in [-0.15, -0.1) is 10.2 Å². The molecule has 1 fully saturated rings. The van der Waals surface area contributed by atoms with Crippen LogP contribution in [-0.4, -0.2) is 42.5 Å². The van der Waals surface area contributed by atoms with Crippen molar-refractivity contribution in [1.29, 1.82) is 0 Å². The summed E-state index contributed by atoms with van der Waals surface area (Å²) in [7, 11) is 0. The van der Waals surface area contributed by atoms with Gasteiger partial charge in [0, 0.05) is 47.6 Å². The van der Waals surface area contributed by atoms with Crippen LogP contribution in [-0.2, 0) is 6.42 Å². The maximum absolute atomic E-state index is 13.7. The summed E-state index contributed by atoms with van der Waals surface area (Å²) in [5.74, 6) is 1.09. The van der Waals surface area contributed by atoms with E-state index in [4.69, 9.17) is 8.83 Å². The van der Waals surface area contributed by atoms with Crippen LogP contribution in [0.15, 0.2) is 64.0 Å². The van der Waals surface area contributed by atoms with Gasteiger partial charge in [0.25, 0.3) is 0 Å². The van der Waals surface area contributed by atoms with E-state index in [1.165, 1.54) is 5.56 Å². The van der Waals surface area contributed by atoms with Crippen molar-refractivity contribution in [2.75, 3.05) is 6.54 Å². The van der Waals surface area contributed by atoms with E-state index in [0.29, 0.717) is 24.4 Å². The Morgan fingerprint density at radius 3 is 2.76 bits per heavy atom. The summed E-state index contributed by atoms with van der Waals surface area (Å²) in [6.45, 7) is 0.479. The third kappa shape index (κ3) is 2.97. The van der Waals surface area contributed by atoms with E-state index in [9.17, 15) is 4.79 Å². The molecule has 1 aliphatic carbocycles. The van der Waals surface area contributed by atoms with E-state index >= 15 is 0 Å². The summed E-state index contributed by atoms with van der Waals surface area (Å²) in [5.41, 5.74) is 4.53. The van der Waals surface area contributed by atoms with E-state index in [0.717, 1.165) is 41.0 Å². The molecule has 1 N–H and O–H groups in total. The second-order valence-corrected chi connectivity index (χ2v) is 8.72. The summed E-state index contributed by atoms with van der Waals surface area (Å²) in [4.78, 5) is 27.3. The highest BCUT2D eigenvalue weighted by Gasteiger charge is 2.42. The fraction of sp³-hybridized carbons (Fsp3) is 0.240. The molecule has 0 saturated heterocycles. The molecule has 2 aliphatic rings. The molecule has 0 spiro atoms. The van der Waals surface area contributed by atoms with Gasteiger partial charge in [0.2, 0.25) is 5.89 Å². The largest absolute Gasteiger partial charge is 0.458 e. The first kappa shape index (κ1) is 19.2. The third-order valence-corrected chi connectivity index (χ3v) is 6.62. The highest BCUT2D eigenvalue weighted by atomic mass is 16.4. The molecule has 5 heterocycles. The molecular weight excluding hydrogens is 432 g/mol. The number of hydrogen-bond donors (Lipinski definition) is 1. The minimum atomic E-state index is -0.471. The van der Waals surface area contributed by atoms with Crippen molar-refractivity contribution in [3.63, 3.8) is 0 Å². The van der Waals surface area contributed by atoms with Crippen LogP contribution < -0.4 is 0 Å². The number of benzene rings is 1. The Morgan fingerprint density at radius 2 is 1.91 bits per heavy atom. The normalized spacial score (nSPS) is 17.8. The number of H-pyrrole nitrogens is 1. The number of imidazole rings is 1. The SMILES string of the molecule is O=C(c1nnc(-c2ccncc2)o1)N1CCc2[nH]cnc2[C@@H]1c1oc2ccccc2c1C1CC1. The number of nitrogens with one attached hydrogen (secondary N) is 1. The molecular formula is C25H20N6O3. The molecule has 9 nitrogen and oxygen atoms in total. The zero-order chi connectivity index (χ0) is 22.6. The molecule has 0 unspecified atom stereocenters. The van der Waals surface area contributed by atoms with Gasteiger partial charge in [-0.25, -0.2) is 4.98 Å². The van der Waals surface area contributed by atoms with Gasteiger partial charge in [-0.05, 0) is 37.0 Å². The quantitative estimate of drug-likeness (QED) is 0.433. The number of aromatic nitrogens is 5. The van der Waals surface area contributed by atoms with E-state index < -0.39 is 6.04 Å². The molecule has 5 aromatic rings. The van der Waals surface area contributed by atoms with Gasteiger partial charge >= 0.3 is 11.8 Å². The lowest BCUT2D eigenvalue weighted by atomic mass is 9.95. The number of carbonyl (C=O) groups is 1. The molecule has 7 rings (SSSR count). The van der Waals surface area contributed by atoms with Crippen molar-refractivity contribution in [1.82, 2.24) is 30.0 Å². The Kier molecular flexibility index (Phi) is 4.17. The number of furan rings is 1. The molecule has 0 bridgehead atoms. The van der Waals surface area contributed by atoms with Crippen LogP contribution in [0, 0.1) is 0 Å². The number of fused-ring (bicyclic) bond motifs is 2. The smallest absolute Gasteiger partial charge is 0.312 e. The molecule has 168 valence electrons. The summed E-state index contributed by atoms with van der Waals surface area (Å²) in [6, 6.07) is 11.1. The van der Waals surface area contributed by atoms with Crippen LogP contribution in [0.5, 0.6) is 0 Å². The first-order valence-corrected chi connectivity index (χ1v) is 11.4. The van der Waals surface area contributed by atoms with Gasteiger partial charge in [-0.1, -0.05) is 18.2 Å².